The number of rotatable bonds is 0. The van der Waals surface area contributed by atoms with Crippen LogP contribution >= 0.6 is 0 Å². The average Bonchev–Trinajstić information content (AvgIpc) is 2.05. The van der Waals surface area contributed by atoms with Gasteiger partial charge in [-0.3, -0.25) is 0 Å². The predicted molar refractivity (Wildman–Crippen MR) is 43.5 cm³/mol. The standard InChI is InChI=1S/C10H13/c1-2-6-10-8-4-3-7-9(10)5-1/h1-2,5,7,10H,3-4,6,8H2/t10-/m0/s1. The minimum Gasteiger partial charge on any atom is -0.0839 e. The van der Waals surface area contributed by atoms with E-state index in [0.717, 1.165) is 5.92 Å². The van der Waals surface area contributed by atoms with Gasteiger partial charge in [-0.2, -0.15) is 0 Å². The van der Waals surface area contributed by atoms with Crippen molar-refractivity contribution in [3.05, 3.63) is 30.2 Å². The summed E-state index contributed by atoms with van der Waals surface area (Å²) in [5.74, 6) is 0.874. The fourth-order valence-electron chi connectivity index (χ4n) is 1.85. The van der Waals surface area contributed by atoms with Gasteiger partial charge in [0.2, 0.25) is 0 Å². The monoisotopic (exact) mass is 133 g/mol. The molecule has 0 N–H and O–H groups in total. The van der Waals surface area contributed by atoms with Crippen molar-refractivity contribution in [1.82, 2.24) is 0 Å². The van der Waals surface area contributed by atoms with Gasteiger partial charge in [-0.15, -0.1) is 0 Å². The van der Waals surface area contributed by atoms with Crippen molar-refractivity contribution < 1.29 is 0 Å². The lowest BCUT2D eigenvalue weighted by Gasteiger charge is -2.25. The van der Waals surface area contributed by atoms with Crippen LogP contribution in [0.25, 0.3) is 0 Å². The van der Waals surface area contributed by atoms with Crippen LogP contribution in [0.3, 0.4) is 0 Å². The quantitative estimate of drug-likeness (QED) is 0.476. The third kappa shape index (κ3) is 1.03. The van der Waals surface area contributed by atoms with Crippen LogP contribution in [-0.2, 0) is 0 Å². The first-order valence-corrected chi connectivity index (χ1v) is 4.17. The second-order valence-electron chi connectivity index (χ2n) is 3.16. The van der Waals surface area contributed by atoms with Gasteiger partial charge in [-0.05, 0) is 31.6 Å². The summed E-state index contributed by atoms with van der Waals surface area (Å²) in [6.45, 7) is 0. The van der Waals surface area contributed by atoms with E-state index in [2.05, 4.69) is 24.6 Å². The van der Waals surface area contributed by atoms with Crippen LogP contribution in [0.15, 0.2) is 23.8 Å². The molecule has 1 atom stereocenters. The van der Waals surface area contributed by atoms with Crippen LogP contribution in [0, 0.1) is 12.3 Å². The number of allylic oxidation sites excluding steroid dienone is 4. The van der Waals surface area contributed by atoms with Crippen molar-refractivity contribution in [2.45, 2.75) is 25.7 Å². The van der Waals surface area contributed by atoms with Crippen molar-refractivity contribution in [2.75, 3.05) is 0 Å². The molecule has 0 bridgehead atoms. The van der Waals surface area contributed by atoms with Crippen molar-refractivity contribution in [3.63, 3.8) is 0 Å². The molecule has 1 radical (unpaired) electrons. The van der Waals surface area contributed by atoms with E-state index in [1.54, 1.807) is 5.57 Å². The maximum atomic E-state index is 2.40. The minimum atomic E-state index is 0.874. The highest BCUT2D eigenvalue weighted by atomic mass is 14.2. The molecule has 0 spiro atoms. The number of fused-ring (bicyclic) bond motifs is 1. The fraction of sp³-hybridized carbons (Fsp3) is 0.500. The first kappa shape index (κ1) is 6.21. The Morgan fingerprint density at radius 2 is 2.40 bits per heavy atom. The van der Waals surface area contributed by atoms with E-state index >= 15 is 0 Å². The third-order valence-electron chi connectivity index (χ3n) is 2.45. The predicted octanol–water partition coefficient (Wildman–Crippen LogP) is 2.88. The Labute approximate surface area is 62.6 Å². The zero-order valence-electron chi connectivity index (χ0n) is 6.22. The summed E-state index contributed by atoms with van der Waals surface area (Å²) in [7, 11) is 0. The molecule has 2 aliphatic carbocycles. The molecule has 0 heterocycles. The van der Waals surface area contributed by atoms with Crippen LogP contribution < -0.4 is 0 Å². The lowest BCUT2D eigenvalue weighted by Crippen LogP contribution is -2.11. The molecular formula is C10H13. The normalized spacial score (nSPS) is 31.2. The zero-order valence-corrected chi connectivity index (χ0v) is 6.22. The summed E-state index contributed by atoms with van der Waals surface area (Å²) in [4.78, 5) is 0. The van der Waals surface area contributed by atoms with Crippen LogP contribution in [0.1, 0.15) is 25.7 Å². The first-order valence-electron chi connectivity index (χ1n) is 4.17. The molecule has 0 aliphatic heterocycles. The Morgan fingerprint density at radius 1 is 1.40 bits per heavy atom. The largest absolute Gasteiger partial charge is 0.0839 e. The van der Waals surface area contributed by atoms with E-state index < -0.39 is 0 Å². The van der Waals surface area contributed by atoms with Crippen LogP contribution in [-0.4, -0.2) is 0 Å². The highest BCUT2D eigenvalue weighted by molar-refractivity contribution is 5.28. The molecule has 0 aromatic rings. The summed E-state index contributed by atoms with van der Waals surface area (Å²) >= 11 is 0. The molecule has 2 rings (SSSR count). The van der Waals surface area contributed by atoms with Gasteiger partial charge in [-0.1, -0.05) is 30.2 Å². The second-order valence-corrected chi connectivity index (χ2v) is 3.16. The SMILES string of the molecule is [CH]1CCC[C@@H]2CC=CC=C12. The lowest BCUT2D eigenvalue weighted by molar-refractivity contribution is 0.499. The van der Waals surface area contributed by atoms with E-state index in [9.17, 15) is 0 Å². The third-order valence-corrected chi connectivity index (χ3v) is 2.45. The maximum absolute atomic E-state index is 2.40. The van der Waals surface area contributed by atoms with Crippen LogP contribution in [0.4, 0.5) is 0 Å². The van der Waals surface area contributed by atoms with Gasteiger partial charge in [0.05, 0.1) is 0 Å². The van der Waals surface area contributed by atoms with E-state index in [4.69, 9.17) is 0 Å². The Hall–Kier alpha value is -0.520. The molecule has 0 aromatic carbocycles. The van der Waals surface area contributed by atoms with Gasteiger partial charge in [0.15, 0.2) is 0 Å². The second kappa shape index (κ2) is 2.61. The molecule has 0 heteroatoms. The minimum absolute atomic E-state index is 0.874. The summed E-state index contributed by atoms with van der Waals surface area (Å²) in [6, 6.07) is 0. The first-order chi connectivity index (χ1) is 4.97. The molecule has 2 aliphatic rings. The van der Waals surface area contributed by atoms with E-state index in [1.165, 1.54) is 25.7 Å². The molecule has 0 amide bonds. The summed E-state index contributed by atoms with van der Waals surface area (Å²) < 4.78 is 0. The van der Waals surface area contributed by atoms with Gasteiger partial charge >= 0.3 is 0 Å². The Kier molecular flexibility index (Phi) is 1.62. The molecule has 1 fully saturated rings. The molecule has 10 heavy (non-hydrogen) atoms. The van der Waals surface area contributed by atoms with E-state index in [0.29, 0.717) is 0 Å². The van der Waals surface area contributed by atoms with E-state index in [1.807, 2.05) is 0 Å². The molecular weight excluding hydrogens is 120 g/mol. The van der Waals surface area contributed by atoms with Crippen molar-refractivity contribution in [1.29, 1.82) is 0 Å². The Bertz CT molecular complexity index is 174. The van der Waals surface area contributed by atoms with Crippen molar-refractivity contribution >= 4 is 0 Å². The highest BCUT2D eigenvalue weighted by Gasteiger charge is 2.18. The summed E-state index contributed by atoms with van der Waals surface area (Å²) in [6.07, 6.45) is 14.5. The average molecular weight is 133 g/mol. The molecule has 0 unspecified atom stereocenters. The van der Waals surface area contributed by atoms with Crippen molar-refractivity contribution in [3.8, 4) is 0 Å². The molecule has 0 saturated heterocycles. The number of hydrogen-bond acceptors (Lipinski definition) is 0. The smallest absolute Gasteiger partial charge is 0.0131 e. The highest BCUT2D eigenvalue weighted by Crippen LogP contribution is 2.33. The van der Waals surface area contributed by atoms with Crippen LogP contribution in [0.5, 0.6) is 0 Å². The fourth-order valence-corrected chi connectivity index (χ4v) is 1.85. The van der Waals surface area contributed by atoms with Gasteiger partial charge in [0, 0.05) is 0 Å². The molecule has 0 aromatic heterocycles. The summed E-state index contributed by atoms with van der Waals surface area (Å²) in [5, 5.41) is 0. The summed E-state index contributed by atoms with van der Waals surface area (Å²) in [5.41, 5.74) is 1.59. The lowest BCUT2D eigenvalue weighted by atomic mass is 9.80. The van der Waals surface area contributed by atoms with Crippen molar-refractivity contribution in [2.24, 2.45) is 5.92 Å². The number of hydrogen-bond donors (Lipinski definition) is 0. The van der Waals surface area contributed by atoms with Gasteiger partial charge in [-0.25, -0.2) is 0 Å². The molecule has 0 nitrogen and oxygen atoms in total. The zero-order chi connectivity index (χ0) is 6.81. The van der Waals surface area contributed by atoms with Gasteiger partial charge in [0.1, 0.15) is 0 Å². The topological polar surface area (TPSA) is 0 Å². The molecule has 1 saturated carbocycles. The van der Waals surface area contributed by atoms with Crippen LogP contribution in [0.2, 0.25) is 0 Å². The maximum Gasteiger partial charge on any atom is -0.0131 e. The van der Waals surface area contributed by atoms with Gasteiger partial charge < -0.3 is 0 Å². The van der Waals surface area contributed by atoms with E-state index in [-0.39, 0.29) is 0 Å². The molecule has 53 valence electrons. The Balaban J connectivity index is 2.14. The van der Waals surface area contributed by atoms with Gasteiger partial charge in [0.25, 0.3) is 0 Å². The Morgan fingerprint density at radius 3 is 3.30 bits per heavy atom.